The summed E-state index contributed by atoms with van der Waals surface area (Å²) in [4.78, 5) is 33.8. The standard InChI is InChI=1S/C24H24N4O2/c1-17(27-16-8-13-22(27)29)24(30)28(19-11-6-3-7-12-19)23-20(25)14-15-21(26-23)18-9-4-2-5-10-18/h2-7,9-12,14-15,17H,8,13,16,25H2,1H3. The van der Waals surface area contributed by atoms with E-state index in [1.807, 2.05) is 66.7 Å². The lowest BCUT2D eigenvalue weighted by molar-refractivity contribution is -0.135. The largest absolute Gasteiger partial charge is 0.396 e. The van der Waals surface area contributed by atoms with Gasteiger partial charge in [-0.25, -0.2) is 4.98 Å². The molecule has 6 heteroatoms. The SMILES string of the molecule is CC(C(=O)N(c1ccccc1)c1nc(-c2ccccc2)ccc1N)N1CCCC1=O. The van der Waals surface area contributed by atoms with Crippen LogP contribution in [0.1, 0.15) is 19.8 Å². The minimum absolute atomic E-state index is 0.00262. The first-order valence-corrected chi connectivity index (χ1v) is 10.1. The number of amides is 2. The zero-order chi connectivity index (χ0) is 21.1. The third-order valence-corrected chi connectivity index (χ3v) is 5.36. The number of carbonyl (C=O) groups is 2. The van der Waals surface area contributed by atoms with Gasteiger partial charge in [-0.2, -0.15) is 0 Å². The number of pyridine rings is 1. The van der Waals surface area contributed by atoms with Crippen molar-refractivity contribution in [2.45, 2.75) is 25.8 Å². The van der Waals surface area contributed by atoms with Gasteiger partial charge in [0.2, 0.25) is 5.91 Å². The summed E-state index contributed by atoms with van der Waals surface area (Å²) in [5.74, 6) is 0.134. The topological polar surface area (TPSA) is 79.5 Å². The number of rotatable bonds is 5. The number of hydrogen-bond acceptors (Lipinski definition) is 4. The van der Waals surface area contributed by atoms with Gasteiger partial charge in [0.05, 0.1) is 17.1 Å². The van der Waals surface area contributed by atoms with Crippen LogP contribution in [0.3, 0.4) is 0 Å². The maximum Gasteiger partial charge on any atom is 0.255 e. The molecule has 2 N–H and O–H groups in total. The summed E-state index contributed by atoms with van der Waals surface area (Å²) in [7, 11) is 0. The van der Waals surface area contributed by atoms with Gasteiger partial charge >= 0.3 is 0 Å². The fourth-order valence-electron chi connectivity index (χ4n) is 3.74. The van der Waals surface area contributed by atoms with Gasteiger partial charge in [-0.1, -0.05) is 48.5 Å². The third kappa shape index (κ3) is 3.76. The van der Waals surface area contributed by atoms with Crippen molar-refractivity contribution in [3.8, 4) is 11.3 Å². The van der Waals surface area contributed by atoms with Gasteiger partial charge in [0.25, 0.3) is 5.91 Å². The molecule has 0 spiro atoms. The van der Waals surface area contributed by atoms with Crippen LogP contribution in [0.15, 0.2) is 72.8 Å². The molecule has 0 saturated carbocycles. The summed E-state index contributed by atoms with van der Waals surface area (Å²) < 4.78 is 0. The maximum absolute atomic E-state index is 13.6. The summed E-state index contributed by atoms with van der Waals surface area (Å²) in [6.45, 7) is 2.35. The number of nitrogen functional groups attached to an aromatic ring is 1. The number of hydrogen-bond donors (Lipinski definition) is 1. The van der Waals surface area contributed by atoms with Crippen LogP contribution in [-0.2, 0) is 9.59 Å². The summed E-state index contributed by atoms with van der Waals surface area (Å²) >= 11 is 0. The number of aromatic nitrogens is 1. The molecular weight excluding hydrogens is 376 g/mol. The second-order valence-corrected chi connectivity index (χ2v) is 7.35. The highest BCUT2D eigenvalue weighted by Gasteiger charge is 2.34. The summed E-state index contributed by atoms with van der Waals surface area (Å²) in [5, 5.41) is 0. The Morgan fingerprint density at radius 2 is 1.70 bits per heavy atom. The average molecular weight is 400 g/mol. The smallest absolute Gasteiger partial charge is 0.255 e. The molecule has 4 rings (SSSR count). The Bertz CT molecular complexity index is 1050. The van der Waals surface area contributed by atoms with Gasteiger partial charge in [0.15, 0.2) is 5.82 Å². The molecule has 0 aliphatic carbocycles. The predicted octanol–water partition coefficient (Wildman–Crippen LogP) is 4.01. The zero-order valence-electron chi connectivity index (χ0n) is 16.9. The second-order valence-electron chi connectivity index (χ2n) is 7.35. The van der Waals surface area contributed by atoms with Crippen molar-refractivity contribution in [1.82, 2.24) is 9.88 Å². The van der Waals surface area contributed by atoms with Crippen LogP contribution < -0.4 is 10.6 Å². The fourth-order valence-corrected chi connectivity index (χ4v) is 3.74. The van der Waals surface area contributed by atoms with Gasteiger partial charge in [-0.05, 0) is 37.6 Å². The molecule has 1 saturated heterocycles. The summed E-state index contributed by atoms with van der Waals surface area (Å²) in [6, 6.07) is 22.0. The number of nitrogens with zero attached hydrogens (tertiary/aromatic N) is 3. The van der Waals surface area contributed by atoms with Crippen molar-refractivity contribution in [3.63, 3.8) is 0 Å². The highest BCUT2D eigenvalue weighted by molar-refractivity contribution is 6.06. The van der Waals surface area contributed by atoms with Crippen molar-refractivity contribution >= 4 is 29.0 Å². The van der Waals surface area contributed by atoms with Crippen molar-refractivity contribution < 1.29 is 9.59 Å². The number of likely N-dealkylation sites (tertiary alicyclic amines) is 1. The lowest BCUT2D eigenvalue weighted by Gasteiger charge is -2.30. The van der Waals surface area contributed by atoms with Crippen LogP contribution in [0.25, 0.3) is 11.3 Å². The van der Waals surface area contributed by atoms with Gasteiger partial charge in [-0.15, -0.1) is 0 Å². The fraction of sp³-hybridized carbons (Fsp3) is 0.208. The Morgan fingerprint density at radius 1 is 1.03 bits per heavy atom. The summed E-state index contributed by atoms with van der Waals surface area (Å²) in [6.07, 6.45) is 1.25. The minimum atomic E-state index is -0.609. The number of nitrogens with two attached hydrogens (primary N) is 1. The third-order valence-electron chi connectivity index (χ3n) is 5.36. The van der Waals surface area contributed by atoms with E-state index < -0.39 is 6.04 Å². The van der Waals surface area contributed by atoms with Gasteiger partial charge < -0.3 is 10.6 Å². The molecule has 1 aliphatic rings. The Hall–Kier alpha value is -3.67. The minimum Gasteiger partial charge on any atom is -0.396 e. The number of anilines is 3. The van der Waals surface area contributed by atoms with Crippen LogP contribution in [0.2, 0.25) is 0 Å². The molecule has 0 bridgehead atoms. The van der Waals surface area contributed by atoms with E-state index in [0.717, 1.165) is 17.7 Å². The van der Waals surface area contributed by atoms with Crippen molar-refractivity contribution in [2.24, 2.45) is 0 Å². The monoisotopic (exact) mass is 400 g/mol. The van der Waals surface area contributed by atoms with Crippen LogP contribution in [0.5, 0.6) is 0 Å². The molecule has 2 amide bonds. The van der Waals surface area contributed by atoms with E-state index >= 15 is 0 Å². The first-order chi connectivity index (χ1) is 14.6. The van der Waals surface area contributed by atoms with E-state index in [1.54, 1.807) is 17.9 Å². The molecule has 2 aromatic carbocycles. The van der Waals surface area contributed by atoms with Crippen LogP contribution in [-0.4, -0.2) is 34.3 Å². The normalized spacial score (nSPS) is 14.6. The highest BCUT2D eigenvalue weighted by atomic mass is 16.2. The molecule has 152 valence electrons. The van der Waals surface area contributed by atoms with E-state index in [1.165, 1.54) is 4.90 Å². The first-order valence-electron chi connectivity index (χ1n) is 10.1. The highest BCUT2D eigenvalue weighted by Crippen LogP contribution is 2.33. The van der Waals surface area contributed by atoms with Crippen LogP contribution in [0, 0.1) is 0 Å². The Kier molecular flexibility index (Phi) is 5.48. The molecule has 0 radical (unpaired) electrons. The molecule has 1 aromatic heterocycles. The van der Waals surface area contributed by atoms with Crippen molar-refractivity contribution in [2.75, 3.05) is 17.2 Å². The molecule has 30 heavy (non-hydrogen) atoms. The number of para-hydroxylation sites is 1. The van der Waals surface area contributed by atoms with E-state index in [-0.39, 0.29) is 11.8 Å². The van der Waals surface area contributed by atoms with Crippen LogP contribution >= 0.6 is 0 Å². The van der Waals surface area contributed by atoms with Crippen LogP contribution in [0.4, 0.5) is 17.2 Å². The lowest BCUT2D eigenvalue weighted by Crippen LogP contribution is -2.46. The lowest BCUT2D eigenvalue weighted by atomic mass is 10.1. The van der Waals surface area contributed by atoms with E-state index in [4.69, 9.17) is 10.7 Å². The first kappa shape index (κ1) is 19.6. The van der Waals surface area contributed by atoms with E-state index in [0.29, 0.717) is 30.2 Å². The summed E-state index contributed by atoms with van der Waals surface area (Å²) in [5.41, 5.74) is 8.99. The van der Waals surface area contributed by atoms with E-state index in [2.05, 4.69) is 0 Å². The molecule has 1 fully saturated rings. The molecular formula is C24H24N4O2. The van der Waals surface area contributed by atoms with Gasteiger partial charge in [0, 0.05) is 18.5 Å². The zero-order valence-corrected chi connectivity index (χ0v) is 16.9. The van der Waals surface area contributed by atoms with Gasteiger partial charge in [-0.3, -0.25) is 14.5 Å². The maximum atomic E-state index is 13.6. The molecule has 3 aromatic rings. The number of carbonyl (C=O) groups excluding carboxylic acids is 2. The Balaban J connectivity index is 1.79. The quantitative estimate of drug-likeness (QED) is 0.702. The Labute approximate surface area is 175 Å². The van der Waals surface area contributed by atoms with Gasteiger partial charge in [0.1, 0.15) is 6.04 Å². The predicted molar refractivity (Wildman–Crippen MR) is 118 cm³/mol. The molecule has 1 unspecified atom stereocenters. The molecule has 2 heterocycles. The van der Waals surface area contributed by atoms with Crippen molar-refractivity contribution in [3.05, 3.63) is 72.8 Å². The molecule has 6 nitrogen and oxygen atoms in total. The second kappa shape index (κ2) is 8.37. The molecule has 1 atom stereocenters. The van der Waals surface area contributed by atoms with E-state index in [9.17, 15) is 9.59 Å². The number of benzene rings is 2. The van der Waals surface area contributed by atoms with Crippen molar-refractivity contribution in [1.29, 1.82) is 0 Å². The molecule has 1 aliphatic heterocycles. The average Bonchev–Trinajstić information content (AvgIpc) is 3.21. The Morgan fingerprint density at radius 3 is 2.33 bits per heavy atom.